The number of nitrogens with zero attached hydrogens (tertiary/aromatic N) is 1. The first kappa shape index (κ1) is 20.6. The zero-order valence-electron chi connectivity index (χ0n) is 19.5. The second-order valence-electron chi connectivity index (χ2n) is 11.3. The Balaban J connectivity index is 1.54. The van der Waals surface area contributed by atoms with E-state index in [1.165, 1.54) is 38.5 Å². The Labute approximate surface area is 183 Å². The molecule has 1 N–H and O–H groups in total. The molecule has 0 aromatic heterocycles. The number of hydrogen-bond acceptors (Lipinski definition) is 2. The van der Waals surface area contributed by atoms with Crippen LogP contribution in [0.25, 0.3) is 0 Å². The van der Waals surface area contributed by atoms with Gasteiger partial charge in [-0.05, 0) is 86.5 Å². The van der Waals surface area contributed by atoms with Gasteiger partial charge < -0.3 is 10.0 Å². The zero-order chi connectivity index (χ0) is 21.1. The molecule has 1 aliphatic heterocycles. The van der Waals surface area contributed by atoms with Crippen molar-refractivity contribution < 1.29 is 5.11 Å². The lowest BCUT2D eigenvalue weighted by Gasteiger charge is -2.60. The molecule has 7 atom stereocenters. The van der Waals surface area contributed by atoms with Crippen LogP contribution in [0, 0.1) is 34.5 Å². The van der Waals surface area contributed by atoms with E-state index < -0.39 is 0 Å². The van der Waals surface area contributed by atoms with Crippen LogP contribution in [0.15, 0.2) is 47.3 Å². The van der Waals surface area contributed by atoms with Gasteiger partial charge in [0.05, 0.1) is 6.10 Å². The van der Waals surface area contributed by atoms with Crippen molar-refractivity contribution >= 4 is 0 Å². The third-order valence-corrected chi connectivity index (χ3v) is 9.98. The molecule has 5 rings (SSSR count). The predicted molar refractivity (Wildman–Crippen MR) is 125 cm³/mol. The second kappa shape index (κ2) is 7.40. The quantitative estimate of drug-likeness (QED) is 0.532. The minimum Gasteiger partial charge on any atom is -0.393 e. The van der Waals surface area contributed by atoms with Gasteiger partial charge in [-0.2, -0.15) is 0 Å². The SMILES string of the molecule is CCC1=C(N2C=CC=CC2)[C@@]2(C)CC[C@H]3[C@@H]([C@@H](CC)C=C4C[C@@H](O)CC[C@@]43C)[C@@H]2C1. The lowest BCUT2D eigenvalue weighted by molar-refractivity contribution is -0.0561. The molecule has 0 aromatic carbocycles. The molecule has 1 heterocycles. The summed E-state index contributed by atoms with van der Waals surface area (Å²) in [5.41, 5.74) is 5.62. The van der Waals surface area contributed by atoms with Crippen molar-refractivity contribution in [2.75, 3.05) is 6.54 Å². The highest BCUT2D eigenvalue weighted by Gasteiger charge is 2.60. The number of aliphatic hydroxyl groups is 1. The molecule has 0 aromatic rings. The molecule has 5 aliphatic rings. The van der Waals surface area contributed by atoms with Crippen molar-refractivity contribution in [1.82, 2.24) is 4.90 Å². The van der Waals surface area contributed by atoms with Gasteiger partial charge in [0.1, 0.15) is 0 Å². The molecule has 0 unspecified atom stereocenters. The molecule has 4 aliphatic carbocycles. The van der Waals surface area contributed by atoms with E-state index in [4.69, 9.17) is 0 Å². The largest absolute Gasteiger partial charge is 0.393 e. The molecule has 2 nitrogen and oxygen atoms in total. The van der Waals surface area contributed by atoms with Crippen molar-refractivity contribution in [2.45, 2.75) is 85.2 Å². The molecule has 30 heavy (non-hydrogen) atoms. The van der Waals surface area contributed by atoms with E-state index in [0.717, 1.165) is 37.1 Å². The molecule has 164 valence electrons. The summed E-state index contributed by atoms with van der Waals surface area (Å²) in [6.07, 6.45) is 21.1. The predicted octanol–water partition coefficient (Wildman–Crippen LogP) is 6.61. The molecule has 0 spiro atoms. The van der Waals surface area contributed by atoms with Crippen LogP contribution < -0.4 is 0 Å². The van der Waals surface area contributed by atoms with Gasteiger partial charge in [0, 0.05) is 23.9 Å². The zero-order valence-corrected chi connectivity index (χ0v) is 19.5. The fourth-order valence-corrected chi connectivity index (χ4v) is 8.43. The highest BCUT2D eigenvalue weighted by Crippen LogP contribution is 2.68. The Kier molecular flexibility index (Phi) is 5.08. The van der Waals surface area contributed by atoms with E-state index >= 15 is 0 Å². The number of allylic oxidation sites excluding steroid dienone is 5. The third-order valence-electron chi connectivity index (χ3n) is 9.98. The van der Waals surface area contributed by atoms with Gasteiger partial charge in [0.25, 0.3) is 0 Å². The number of fused-ring (bicyclic) bond motifs is 5. The summed E-state index contributed by atoms with van der Waals surface area (Å²) in [4.78, 5) is 2.57. The second-order valence-corrected chi connectivity index (χ2v) is 11.3. The summed E-state index contributed by atoms with van der Waals surface area (Å²) in [7, 11) is 0. The molecule has 0 amide bonds. The van der Waals surface area contributed by atoms with E-state index in [9.17, 15) is 5.11 Å². The number of hydrogen-bond donors (Lipinski definition) is 1. The Morgan fingerprint density at radius 2 is 1.83 bits per heavy atom. The van der Waals surface area contributed by atoms with E-state index in [1.54, 1.807) is 16.8 Å². The topological polar surface area (TPSA) is 23.5 Å². The Morgan fingerprint density at radius 3 is 2.53 bits per heavy atom. The molecule has 0 saturated heterocycles. The van der Waals surface area contributed by atoms with Crippen LogP contribution in [0.4, 0.5) is 0 Å². The van der Waals surface area contributed by atoms with Crippen molar-refractivity contribution in [3.05, 3.63) is 47.3 Å². The maximum atomic E-state index is 10.4. The number of rotatable bonds is 3. The fourth-order valence-electron chi connectivity index (χ4n) is 8.43. The van der Waals surface area contributed by atoms with E-state index in [2.05, 4.69) is 63.1 Å². The van der Waals surface area contributed by atoms with Gasteiger partial charge in [-0.15, -0.1) is 0 Å². The molecule has 2 saturated carbocycles. The highest BCUT2D eigenvalue weighted by molar-refractivity contribution is 5.36. The fraction of sp³-hybridized carbons (Fsp3) is 0.714. The Morgan fingerprint density at radius 1 is 1.03 bits per heavy atom. The first-order chi connectivity index (χ1) is 14.4. The average molecular weight is 408 g/mol. The smallest absolute Gasteiger partial charge is 0.0577 e. The summed E-state index contributed by atoms with van der Waals surface area (Å²) < 4.78 is 0. The highest BCUT2D eigenvalue weighted by atomic mass is 16.3. The molecule has 0 bridgehead atoms. The van der Waals surface area contributed by atoms with Gasteiger partial charge in [-0.1, -0.05) is 57.1 Å². The van der Waals surface area contributed by atoms with Crippen LogP contribution in [0.3, 0.4) is 0 Å². The molecule has 0 radical (unpaired) electrons. The lowest BCUT2D eigenvalue weighted by atomic mass is 9.45. The van der Waals surface area contributed by atoms with Crippen molar-refractivity contribution in [3.8, 4) is 0 Å². The van der Waals surface area contributed by atoms with Crippen LogP contribution in [0.1, 0.15) is 79.1 Å². The van der Waals surface area contributed by atoms with Gasteiger partial charge in [0.2, 0.25) is 0 Å². The third kappa shape index (κ3) is 2.85. The van der Waals surface area contributed by atoms with Crippen molar-refractivity contribution in [3.63, 3.8) is 0 Å². The first-order valence-electron chi connectivity index (χ1n) is 12.6. The van der Waals surface area contributed by atoms with Crippen LogP contribution in [0.5, 0.6) is 0 Å². The summed E-state index contributed by atoms with van der Waals surface area (Å²) in [6.45, 7) is 11.0. The van der Waals surface area contributed by atoms with Crippen molar-refractivity contribution in [2.24, 2.45) is 34.5 Å². The van der Waals surface area contributed by atoms with Gasteiger partial charge in [0.15, 0.2) is 0 Å². The van der Waals surface area contributed by atoms with Crippen LogP contribution in [0.2, 0.25) is 0 Å². The Hall–Kier alpha value is -1.28. The summed E-state index contributed by atoms with van der Waals surface area (Å²) >= 11 is 0. The lowest BCUT2D eigenvalue weighted by Crippen LogP contribution is -2.53. The monoisotopic (exact) mass is 407 g/mol. The number of aliphatic hydroxyl groups excluding tert-OH is 1. The normalized spacial score (nSPS) is 45.2. The summed E-state index contributed by atoms with van der Waals surface area (Å²) in [6, 6.07) is 0. The maximum absolute atomic E-state index is 10.4. The minimum atomic E-state index is -0.113. The first-order valence-corrected chi connectivity index (χ1v) is 12.6. The standard InChI is InChI=1S/C28H41NO/c1-5-19-16-21-18-22(30)10-12-27(21,3)23-11-13-28(4)24(25(19)23)17-20(6-2)26(28)29-14-8-7-9-15-29/h7-9,14,16,19,22-25,30H,5-6,10-13,15,17-18H2,1-4H3/t19-,22-,23-,24-,25+,27-,28-/m0/s1. The molecular weight excluding hydrogens is 366 g/mol. The molecule has 2 heteroatoms. The average Bonchev–Trinajstić information content (AvgIpc) is 3.06. The summed E-state index contributed by atoms with van der Waals surface area (Å²) in [5.74, 6) is 3.04. The molecular formula is C28H41NO. The van der Waals surface area contributed by atoms with Gasteiger partial charge >= 0.3 is 0 Å². The molecule has 2 fully saturated rings. The van der Waals surface area contributed by atoms with Gasteiger partial charge in [-0.25, -0.2) is 0 Å². The Bertz CT molecular complexity index is 818. The van der Waals surface area contributed by atoms with Crippen molar-refractivity contribution in [1.29, 1.82) is 0 Å². The van der Waals surface area contributed by atoms with E-state index in [0.29, 0.717) is 16.7 Å². The maximum Gasteiger partial charge on any atom is 0.0577 e. The minimum absolute atomic E-state index is 0.113. The van der Waals surface area contributed by atoms with Crippen LogP contribution >= 0.6 is 0 Å². The van der Waals surface area contributed by atoms with Crippen LogP contribution in [-0.2, 0) is 0 Å². The van der Waals surface area contributed by atoms with Crippen LogP contribution in [-0.4, -0.2) is 22.7 Å². The van der Waals surface area contributed by atoms with E-state index in [-0.39, 0.29) is 6.10 Å². The van der Waals surface area contributed by atoms with E-state index in [1.807, 2.05) is 0 Å². The van der Waals surface area contributed by atoms with Gasteiger partial charge in [-0.3, -0.25) is 0 Å². The summed E-state index contributed by atoms with van der Waals surface area (Å²) in [5, 5.41) is 10.4.